The van der Waals surface area contributed by atoms with Crippen LogP contribution in [0.15, 0.2) is 5.38 Å². The first-order chi connectivity index (χ1) is 7.86. The number of aromatic nitrogens is 2. The van der Waals surface area contributed by atoms with E-state index in [1.165, 1.54) is 11.3 Å². The second-order valence-corrected chi connectivity index (χ2v) is 5.90. The van der Waals surface area contributed by atoms with Gasteiger partial charge >= 0.3 is 5.97 Å². The van der Waals surface area contributed by atoms with Crippen molar-refractivity contribution in [2.24, 2.45) is 0 Å². The number of nitrogens with zero attached hydrogens (tertiary/aromatic N) is 2. The predicted octanol–water partition coefficient (Wildman–Crippen LogP) is 2.95. The Labute approximate surface area is 104 Å². The van der Waals surface area contributed by atoms with Gasteiger partial charge in [0, 0.05) is 16.5 Å². The first-order valence-electron chi connectivity index (χ1n) is 5.58. The van der Waals surface area contributed by atoms with Crippen LogP contribution in [-0.2, 0) is 11.8 Å². The van der Waals surface area contributed by atoms with E-state index in [9.17, 15) is 9.90 Å². The van der Waals surface area contributed by atoms with E-state index in [1.54, 1.807) is 4.40 Å². The van der Waals surface area contributed by atoms with Crippen molar-refractivity contribution in [1.82, 2.24) is 9.38 Å². The van der Waals surface area contributed by atoms with Crippen molar-refractivity contribution in [1.29, 1.82) is 0 Å². The molecule has 2 rings (SSSR count). The zero-order chi connectivity index (χ0) is 12.8. The number of carboxylic acid groups (broad SMARTS) is 1. The van der Waals surface area contributed by atoms with E-state index in [1.807, 2.05) is 33.1 Å². The molecule has 0 spiro atoms. The molecule has 0 amide bonds. The van der Waals surface area contributed by atoms with E-state index in [-0.39, 0.29) is 5.41 Å². The lowest BCUT2D eigenvalue weighted by Crippen LogP contribution is -2.18. The largest absolute Gasteiger partial charge is 0.477 e. The standard InChI is InChI=1S/C12H16N2O2S/c1-5-7-6-17-11-13-9(12(2,3)4)8(10(15)16)14(7)11/h6H,5H2,1-4H3,(H,15,16). The lowest BCUT2D eigenvalue weighted by Gasteiger charge is -2.16. The maximum atomic E-state index is 11.5. The molecule has 0 aliphatic heterocycles. The normalized spacial score (nSPS) is 12.2. The molecule has 0 bridgehead atoms. The summed E-state index contributed by atoms with van der Waals surface area (Å²) in [6.45, 7) is 7.97. The number of carboxylic acids is 1. The van der Waals surface area contributed by atoms with E-state index >= 15 is 0 Å². The van der Waals surface area contributed by atoms with Crippen molar-refractivity contribution in [3.8, 4) is 0 Å². The summed E-state index contributed by atoms with van der Waals surface area (Å²) in [7, 11) is 0. The van der Waals surface area contributed by atoms with E-state index < -0.39 is 5.97 Å². The minimum absolute atomic E-state index is 0.259. The van der Waals surface area contributed by atoms with Crippen LogP contribution in [0.4, 0.5) is 0 Å². The molecule has 0 atom stereocenters. The molecule has 0 saturated carbocycles. The van der Waals surface area contributed by atoms with Gasteiger partial charge < -0.3 is 5.11 Å². The van der Waals surface area contributed by atoms with Crippen molar-refractivity contribution in [2.75, 3.05) is 0 Å². The Bertz CT molecular complexity index is 575. The van der Waals surface area contributed by atoms with Crippen LogP contribution < -0.4 is 0 Å². The highest BCUT2D eigenvalue weighted by molar-refractivity contribution is 7.15. The lowest BCUT2D eigenvalue weighted by molar-refractivity contribution is 0.0686. The first-order valence-corrected chi connectivity index (χ1v) is 6.46. The number of hydrogen-bond donors (Lipinski definition) is 1. The molecular formula is C12H16N2O2S. The Morgan fingerprint density at radius 2 is 2.18 bits per heavy atom. The Kier molecular flexibility index (Phi) is 2.73. The number of fused-ring (bicyclic) bond motifs is 1. The minimum Gasteiger partial charge on any atom is -0.477 e. The van der Waals surface area contributed by atoms with Gasteiger partial charge in [0.2, 0.25) is 0 Å². The van der Waals surface area contributed by atoms with Gasteiger partial charge in [-0.3, -0.25) is 4.40 Å². The third-order valence-corrected chi connectivity index (χ3v) is 3.58. The molecule has 2 heterocycles. The molecule has 92 valence electrons. The summed E-state index contributed by atoms with van der Waals surface area (Å²) in [5, 5.41) is 11.4. The van der Waals surface area contributed by atoms with Crippen molar-refractivity contribution in [2.45, 2.75) is 39.5 Å². The quantitative estimate of drug-likeness (QED) is 0.894. The number of aromatic carboxylic acids is 1. The van der Waals surface area contributed by atoms with E-state index in [0.717, 1.165) is 17.1 Å². The molecule has 0 radical (unpaired) electrons. The SMILES string of the molecule is CCc1csc2nc(C(C)(C)C)c(C(=O)O)n12. The van der Waals surface area contributed by atoms with Crippen LogP contribution in [-0.4, -0.2) is 20.5 Å². The van der Waals surface area contributed by atoms with Crippen LogP contribution in [0, 0.1) is 0 Å². The molecule has 0 saturated heterocycles. The van der Waals surface area contributed by atoms with Gasteiger partial charge in [0.15, 0.2) is 10.7 Å². The van der Waals surface area contributed by atoms with Gasteiger partial charge in [-0.05, 0) is 6.42 Å². The fourth-order valence-electron chi connectivity index (χ4n) is 1.88. The molecule has 1 N–H and O–H groups in total. The molecule has 5 heteroatoms. The van der Waals surface area contributed by atoms with E-state index in [2.05, 4.69) is 4.98 Å². The molecule has 0 aliphatic carbocycles. The van der Waals surface area contributed by atoms with Crippen molar-refractivity contribution in [3.63, 3.8) is 0 Å². The Morgan fingerprint density at radius 1 is 1.53 bits per heavy atom. The monoisotopic (exact) mass is 252 g/mol. The molecule has 0 aliphatic rings. The summed E-state index contributed by atoms with van der Waals surface area (Å²) >= 11 is 1.50. The van der Waals surface area contributed by atoms with Gasteiger partial charge in [0.1, 0.15) is 0 Å². The number of thiazole rings is 1. The van der Waals surface area contributed by atoms with Crippen LogP contribution in [0.2, 0.25) is 0 Å². The van der Waals surface area contributed by atoms with Gasteiger partial charge in [-0.1, -0.05) is 27.7 Å². The Balaban J connectivity index is 2.83. The van der Waals surface area contributed by atoms with Crippen molar-refractivity contribution >= 4 is 22.3 Å². The third kappa shape index (κ3) is 1.84. The lowest BCUT2D eigenvalue weighted by atomic mass is 9.90. The van der Waals surface area contributed by atoms with Gasteiger partial charge in [-0.15, -0.1) is 11.3 Å². The fourth-order valence-corrected chi connectivity index (χ4v) is 2.85. The van der Waals surface area contributed by atoms with E-state index in [4.69, 9.17) is 0 Å². The molecule has 0 unspecified atom stereocenters. The first kappa shape index (κ1) is 12.1. The average Bonchev–Trinajstić information content (AvgIpc) is 2.72. The number of imidazole rings is 1. The molecule has 0 fully saturated rings. The predicted molar refractivity (Wildman–Crippen MR) is 68.1 cm³/mol. The van der Waals surface area contributed by atoms with Gasteiger partial charge in [0.05, 0.1) is 5.69 Å². The van der Waals surface area contributed by atoms with Gasteiger partial charge in [-0.25, -0.2) is 9.78 Å². The van der Waals surface area contributed by atoms with Crippen LogP contribution in [0.5, 0.6) is 0 Å². The number of carbonyl (C=O) groups is 1. The zero-order valence-corrected chi connectivity index (χ0v) is 11.3. The molecule has 2 aromatic heterocycles. The second-order valence-electron chi connectivity index (χ2n) is 5.06. The smallest absolute Gasteiger partial charge is 0.354 e. The summed E-state index contributed by atoms with van der Waals surface area (Å²) in [6.07, 6.45) is 0.806. The molecule has 4 nitrogen and oxygen atoms in total. The van der Waals surface area contributed by atoms with Crippen LogP contribution in [0.3, 0.4) is 0 Å². The molecule has 0 aromatic carbocycles. The second kappa shape index (κ2) is 3.84. The summed E-state index contributed by atoms with van der Waals surface area (Å²) in [5.74, 6) is -0.907. The summed E-state index contributed by atoms with van der Waals surface area (Å²) < 4.78 is 1.77. The maximum Gasteiger partial charge on any atom is 0.354 e. The van der Waals surface area contributed by atoms with Crippen molar-refractivity contribution in [3.05, 3.63) is 22.5 Å². The highest BCUT2D eigenvalue weighted by Crippen LogP contribution is 2.29. The number of aryl methyl sites for hydroxylation is 1. The number of rotatable bonds is 2. The highest BCUT2D eigenvalue weighted by atomic mass is 32.1. The van der Waals surface area contributed by atoms with Crippen molar-refractivity contribution < 1.29 is 9.90 Å². The highest BCUT2D eigenvalue weighted by Gasteiger charge is 2.29. The Morgan fingerprint density at radius 3 is 2.65 bits per heavy atom. The maximum absolute atomic E-state index is 11.5. The summed E-state index contributed by atoms with van der Waals surface area (Å²) in [5.41, 5.74) is 1.72. The van der Waals surface area contributed by atoms with Crippen LogP contribution in [0.1, 0.15) is 49.6 Å². The molecule has 2 aromatic rings. The number of hydrogen-bond acceptors (Lipinski definition) is 3. The Hall–Kier alpha value is -1.36. The molecule has 17 heavy (non-hydrogen) atoms. The van der Waals surface area contributed by atoms with Gasteiger partial charge in [-0.2, -0.15) is 0 Å². The van der Waals surface area contributed by atoms with E-state index in [0.29, 0.717) is 11.4 Å². The topological polar surface area (TPSA) is 54.6 Å². The summed E-state index contributed by atoms with van der Waals surface area (Å²) in [4.78, 5) is 16.7. The zero-order valence-electron chi connectivity index (χ0n) is 10.4. The van der Waals surface area contributed by atoms with Gasteiger partial charge in [0.25, 0.3) is 0 Å². The summed E-state index contributed by atoms with van der Waals surface area (Å²) in [6, 6.07) is 0. The minimum atomic E-state index is -0.907. The average molecular weight is 252 g/mol. The third-order valence-electron chi connectivity index (χ3n) is 2.71. The molecular weight excluding hydrogens is 236 g/mol. The van der Waals surface area contributed by atoms with Crippen LogP contribution in [0.25, 0.3) is 4.96 Å². The van der Waals surface area contributed by atoms with Crippen LogP contribution >= 0.6 is 11.3 Å². The fraction of sp³-hybridized carbons (Fsp3) is 0.500.